The molecule has 3 atom stereocenters. The fourth-order valence-electron chi connectivity index (χ4n) is 0.934. The zero-order valence-electron chi connectivity index (χ0n) is 8.97. The first-order valence-electron chi connectivity index (χ1n) is 4.78. The van der Waals surface area contributed by atoms with Gasteiger partial charge in [-0.05, 0) is 13.3 Å². The van der Waals surface area contributed by atoms with E-state index in [1.165, 1.54) is 6.92 Å². The maximum absolute atomic E-state index is 11.3. The minimum atomic E-state index is -1.12. The van der Waals surface area contributed by atoms with E-state index in [0.29, 0.717) is 0 Å². The highest BCUT2D eigenvalue weighted by Gasteiger charge is 2.22. The van der Waals surface area contributed by atoms with Gasteiger partial charge in [-0.25, -0.2) is 0 Å². The Kier molecular flexibility index (Phi) is 6.28. The summed E-state index contributed by atoms with van der Waals surface area (Å²) >= 11 is 0. The third-order valence-corrected chi connectivity index (χ3v) is 1.96. The third-order valence-electron chi connectivity index (χ3n) is 1.96. The Morgan fingerprint density at radius 2 is 2.06 bits per heavy atom. The van der Waals surface area contributed by atoms with Gasteiger partial charge < -0.3 is 21.9 Å². The SMILES string of the molecule is C[C@@H](O)[C@H](N)C(=O)N[C@H]([C]=O)CCC(N)=O. The van der Waals surface area contributed by atoms with Gasteiger partial charge in [-0.3, -0.25) is 14.4 Å². The fourth-order valence-corrected chi connectivity index (χ4v) is 0.934. The van der Waals surface area contributed by atoms with Gasteiger partial charge in [0.2, 0.25) is 18.1 Å². The van der Waals surface area contributed by atoms with E-state index >= 15 is 0 Å². The largest absolute Gasteiger partial charge is 0.391 e. The monoisotopic (exact) mass is 230 g/mol. The maximum atomic E-state index is 11.3. The first-order chi connectivity index (χ1) is 7.38. The molecule has 0 rings (SSSR count). The molecular weight excluding hydrogens is 214 g/mol. The predicted octanol–water partition coefficient (Wildman–Crippen LogP) is -2.45. The molecule has 0 heterocycles. The van der Waals surface area contributed by atoms with Crippen molar-refractivity contribution in [1.29, 1.82) is 0 Å². The highest BCUT2D eigenvalue weighted by atomic mass is 16.3. The smallest absolute Gasteiger partial charge is 0.240 e. The van der Waals surface area contributed by atoms with Crippen molar-refractivity contribution in [1.82, 2.24) is 5.32 Å². The quantitative estimate of drug-likeness (QED) is 0.385. The lowest BCUT2D eigenvalue weighted by Crippen LogP contribution is -2.50. The minimum Gasteiger partial charge on any atom is -0.391 e. The Morgan fingerprint density at radius 3 is 2.44 bits per heavy atom. The van der Waals surface area contributed by atoms with Crippen LogP contribution in [0.5, 0.6) is 0 Å². The summed E-state index contributed by atoms with van der Waals surface area (Å²) in [7, 11) is 0. The van der Waals surface area contributed by atoms with Crippen LogP contribution in [0.2, 0.25) is 0 Å². The Morgan fingerprint density at radius 1 is 1.50 bits per heavy atom. The number of nitrogens with two attached hydrogens (primary N) is 2. The lowest BCUT2D eigenvalue weighted by Gasteiger charge is -2.17. The van der Waals surface area contributed by atoms with Gasteiger partial charge in [0.25, 0.3) is 0 Å². The van der Waals surface area contributed by atoms with E-state index in [0.717, 1.165) is 0 Å². The molecular formula is C9H16N3O4. The van der Waals surface area contributed by atoms with Crippen molar-refractivity contribution < 1.29 is 19.5 Å². The summed E-state index contributed by atoms with van der Waals surface area (Å²) in [6.07, 6.45) is 0.560. The van der Waals surface area contributed by atoms with Crippen LogP contribution < -0.4 is 16.8 Å². The van der Waals surface area contributed by atoms with Crippen molar-refractivity contribution in [3.63, 3.8) is 0 Å². The lowest BCUT2D eigenvalue weighted by atomic mass is 10.1. The highest BCUT2D eigenvalue weighted by molar-refractivity contribution is 5.85. The van der Waals surface area contributed by atoms with Gasteiger partial charge in [-0.15, -0.1) is 0 Å². The summed E-state index contributed by atoms with van der Waals surface area (Å²) in [6, 6.07) is -2.06. The van der Waals surface area contributed by atoms with Crippen molar-refractivity contribution >= 4 is 18.1 Å². The van der Waals surface area contributed by atoms with Crippen LogP contribution in [0.25, 0.3) is 0 Å². The van der Waals surface area contributed by atoms with Crippen molar-refractivity contribution in [2.45, 2.75) is 38.0 Å². The molecule has 0 aliphatic carbocycles. The summed E-state index contributed by atoms with van der Waals surface area (Å²) < 4.78 is 0. The summed E-state index contributed by atoms with van der Waals surface area (Å²) in [5, 5.41) is 11.3. The molecule has 0 saturated carbocycles. The van der Waals surface area contributed by atoms with Crippen LogP contribution in [0.4, 0.5) is 0 Å². The standard InChI is InChI=1S/C9H16N3O4/c1-5(14)8(11)9(16)12-6(4-13)2-3-7(10)15/h5-6,8,14H,2-3,11H2,1H3,(H2,10,15)(H,12,16)/t5-,6+,8+/m1/s1. The Bertz CT molecular complexity index is 267. The fraction of sp³-hybridized carbons (Fsp3) is 0.667. The van der Waals surface area contributed by atoms with Gasteiger partial charge in [-0.2, -0.15) is 0 Å². The topological polar surface area (TPSA) is 136 Å². The molecule has 16 heavy (non-hydrogen) atoms. The second kappa shape index (κ2) is 6.91. The molecule has 0 bridgehead atoms. The number of hydrogen-bond donors (Lipinski definition) is 4. The highest BCUT2D eigenvalue weighted by Crippen LogP contribution is 1.96. The van der Waals surface area contributed by atoms with Crippen LogP contribution in [-0.4, -0.2) is 41.4 Å². The first kappa shape index (κ1) is 14.5. The molecule has 1 radical (unpaired) electrons. The summed E-state index contributed by atoms with van der Waals surface area (Å²) in [5.41, 5.74) is 10.2. The van der Waals surface area contributed by atoms with Gasteiger partial charge in [0, 0.05) is 6.42 Å². The van der Waals surface area contributed by atoms with Crippen molar-refractivity contribution in [2.75, 3.05) is 0 Å². The molecule has 2 amide bonds. The average molecular weight is 230 g/mol. The number of nitrogens with one attached hydrogen (secondary N) is 1. The second-order valence-electron chi connectivity index (χ2n) is 3.45. The van der Waals surface area contributed by atoms with Gasteiger partial charge in [0.1, 0.15) is 6.04 Å². The normalized spacial score (nSPS) is 15.9. The summed E-state index contributed by atoms with van der Waals surface area (Å²) in [5.74, 6) is -1.25. The Labute approximate surface area is 93.2 Å². The van der Waals surface area contributed by atoms with Gasteiger partial charge in [0.05, 0.1) is 12.1 Å². The van der Waals surface area contributed by atoms with Gasteiger partial charge in [0.15, 0.2) is 0 Å². The number of hydrogen-bond acceptors (Lipinski definition) is 5. The summed E-state index contributed by atoms with van der Waals surface area (Å²) in [6.45, 7) is 1.35. The molecule has 7 nitrogen and oxygen atoms in total. The van der Waals surface area contributed by atoms with Crippen LogP contribution in [-0.2, 0) is 14.4 Å². The Balaban J connectivity index is 4.16. The van der Waals surface area contributed by atoms with E-state index in [9.17, 15) is 14.4 Å². The number of carbonyl (C=O) groups excluding carboxylic acids is 3. The third kappa shape index (κ3) is 5.42. The van der Waals surface area contributed by atoms with E-state index in [4.69, 9.17) is 16.6 Å². The number of aliphatic hydroxyl groups excluding tert-OH is 1. The van der Waals surface area contributed by atoms with Gasteiger partial charge >= 0.3 is 0 Å². The molecule has 7 heteroatoms. The van der Waals surface area contributed by atoms with E-state index in [2.05, 4.69) is 5.32 Å². The molecule has 0 aliphatic heterocycles. The molecule has 0 unspecified atom stereocenters. The Hall–Kier alpha value is -1.47. The first-order valence-corrected chi connectivity index (χ1v) is 4.78. The van der Waals surface area contributed by atoms with E-state index in [1.54, 1.807) is 6.29 Å². The summed E-state index contributed by atoms with van der Waals surface area (Å²) in [4.78, 5) is 32.2. The van der Waals surface area contributed by atoms with E-state index in [1.807, 2.05) is 0 Å². The van der Waals surface area contributed by atoms with E-state index in [-0.39, 0.29) is 12.8 Å². The zero-order chi connectivity index (χ0) is 12.7. The molecule has 0 aromatic heterocycles. The average Bonchev–Trinajstić information content (AvgIpc) is 2.22. The zero-order valence-corrected chi connectivity index (χ0v) is 8.97. The van der Waals surface area contributed by atoms with Crippen LogP contribution in [0, 0.1) is 0 Å². The van der Waals surface area contributed by atoms with Crippen LogP contribution in [0.3, 0.4) is 0 Å². The van der Waals surface area contributed by atoms with Crippen LogP contribution in [0.15, 0.2) is 0 Å². The maximum Gasteiger partial charge on any atom is 0.240 e. The molecule has 0 fully saturated rings. The molecule has 0 saturated heterocycles. The predicted molar refractivity (Wildman–Crippen MR) is 55.7 cm³/mol. The molecule has 0 aliphatic rings. The molecule has 6 N–H and O–H groups in total. The lowest BCUT2D eigenvalue weighted by molar-refractivity contribution is -0.125. The molecule has 0 aromatic rings. The van der Waals surface area contributed by atoms with Crippen molar-refractivity contribution in [2.24, 2.45) is 11.5 Å². The number of carbonyl (C=O) groups is 2. The minimum absolute atomic E-state index is 0.0376. The van der Waals surface area contributed by atoms with Gasteiger partial charge in [-0.1, -0.05) is 0 Å². The number of rotatable bonds is 7. The molecule has 91 valence electrons. The van der Waals surface area contributed by atoms with E-state index < -0.39 is 30.0 Å². The molecule has 0 aromatic carbocycles. The van der Waals surface area contributed by atoms with Crippen LogP contribution in [0.1, 0.15) is 19.8 Å². The second-order valence-corrected chi connectivity index (χ2v) is 3.45. The molecule has 0 spiro atoms. The van der Waals surface area contributed by atoms with Crippen molar-refractivity contribution in [3.05, 3.63) is 0 Å². The number of aliphatic hydroxyl groups is 1. The van der Waals surface area contributed by atoms with Crippen molar-refractivity contribution in [3.8, 4) is 0 Å². The van der Waals surface area contributed by atoms with Crippen LogP contribution >= 0.6 is 0 Å². The number of primary amides is 1. The number of amides is 2.